The van der Waals surface area contributed by atoms with Gasteiger partial charge in [0.2, 0.25) is 6.29 Å². The summed E-state index contributed by atoms with van der Waals surface area (Å²) in [5.74, 6) is -2.22. The Balaban J connectivity index is 0.999. The summed E-state index contributed by atoms with van der Waals surface area (Å²) in [6.45, 7) is 13.7. The molecule has 8 fully saturated rings. The molecule has 5 aliphatic carbocycles. The van der Waals surface area contributed by atoms with Crippen LogP contribution in [0.15, 0.2) is 11.6 Å². The zero-order valence-corrected chi connectivity index (χ0v) is 44.4. The van der Waals surface area contributed by atoms with Crippen LogP contribution in [0.2, 0.25) is 0 Å². The van der Waals surface area contributed by atoms with Crippen LogP contribution < -0.4 is 0 Å². The van der Waals surface area contributed by atoms with Gasteiger partial charge in [0.05, 0.1) is 31.3 Å². The van der Waals surface area contributed by atoms with Crippen LogP contribution in [0, 0.1) is 50.2 Å². The van der Waals surface area contributed by atoms with Crippen LogP contribution in [0.5, 0.6) is 0 Å². The van der Waals surface area contributed by atoms with Crippen LogP contribution in [-0.2, 0) is 47.5 Å². The van der Waals surface area contributed by atoms with Gasteiger partial charge in [-0.3, -0.25) is 4.79 Å². The number of esters is 1. The summed E-state index contributed by atoms with van der Waals surface area (Å²) >= 11 is 0. The van der Waals surface area contributed by atoms with Crippen molar-refractivity contribution < 1.29 is 114 Å². The lowest BCUT2D eigenvalue weighted by Gasteiger charge is -2.71. The average molecular weight is 1090 g/mol. The normalized spacial score (nSPS) is 52.9. The maximum Gasteiger partial charge on any atom is 0.335 e. The monoisotopic (exact) mass is 1090 g/mol. The molecule has 0 spiro atoms. The summed E-state index contributed by atoms with van der Waals surface area (Å²) in [7, 11) is 0. The molecule has 9 rings (SSSR count). The molecule has 0 unspecified atom stereocenters. The lowest BCUT2D eigenvalue weighted by Crippen LogP contribution is -2.68. The van der Waals surface area contributed by atoms with E-state index in [0.29, 0.717) is 44.9 Å². The van der Waals surface area contributed by atoms with E-state index in [1.165, 1.54) is 5.57 Å². The molecule has 4 saturated carbocycles. The molecule has 4 saturated heterocycles. The summed E-state index contributed by atoms with van der Waals surface area (Å²) < 4.78 is 48.1. The largest absolute Gasteiger partial charge is 0.479 e. The molecule has 0 radical (unpaired) electrons. The maximum atomic E-state index is 14.8. The highest BCUT2D eigenvalue weighted by Gasteiger charge is 2.70. The Morgan fingerprint density at radius 3 is 1.83 bits per heavy atom. The highest BCUT2D eigenvalue weighted by molar-refractivity contribution is 5.79. The molecule has 0 aromatic heterocycles. The van der Waals surface area contributed by atoms with Gasteiger partial charge in [0, 0.05) is 0 Å². The van der Waals surface area contributed by atoms with Gasteiger partial charge in [-0.25, -0.2) is 4.79 Å². The number of fused-ring (bicyclic) bond motifs is 7. The van der Waals surface area contributed by atoms with Crippen LogP contribution in [0.4, 0.5) is 0 Å². The van der Waals surface area contributed by atoms with Crippen molar-refractivity contribution in [3.8, 4) is 0 Å². The second kappa shape index (κ2) is 21.0. The van der Waals surface area contributed by atoms with E-state index in [1.54, 1.807) is 0 Å². The third-order valence-electron chi connectivity index (χ3n) is 21.0. The Morgan fingerprint density at radius 1 is 0.605 bits per heavy atom. The van der Waals surface area contributed by atoms with Crippen molar-refractivity contribution in [1.29, 1.82) is 0 Å². The Bertz CT molecular complexity index is 2140. The number of carbonyl (C=O) groups excluding carboxylic acids is 1. The SMILES string of the molecule is CC1(C)CC[C@]2(C(=O)O[C@@H]3O[C@H](CO)[C@@H](O)[C@H](O)[C@H]3O)CC[C@]3(C)C(=CC[C@@H]4[C@@]5(C)CC[C@H](O[C@@H]6O[C@H](C(=O)O)[C@@H](O)[C@H](O[C@@H]7OC[C@H](O)[C@H](O)[C@H]7O)[C@H]6O[C@@H]6O[C@H](CO)[C@@H](O)[C@H](O)[C@H]6O)C(C)(C)[C@@H]5CC[C@]43C)[C@@H]2C1. The van der Waals surface area contributed by atoms with Gasteiger partial charge in [0.25, 0.3) is 0 Å². The number of carbonyl (C=O) groups is 2. The molecular weight excluding hydrogens is 1000 g/mol. The first-order valence-corrected chi connectivity index (χ1v) is 27.2. The molecule has 23 nitrogen and oxygen atoms in total. The lowest BCUT2D eigenvalue weighted by atomic mass is 9.33. The van der Waals surface area contributed by atoms with Crippen LogP contribution in [0.3, 0.4) is 0 Å². The fraction of sp³-hybridized carbons (Fsp3) is 0.925. The molecule has 76 heavy (non-hydrogen) atoms. The molecule has 0 aromatic rings. The van der Waals surface area contributed by atoms with E-state index in [0.717, 1.165) is 19.3 Å². The molecule has 23 heteroatoms. The minimum Gasteiger partial charge on any atom is -0.479 e. The Labute approximate surface area is 442 Å². The first kappa shape index (κ1) is 58.6. The standard InChI is InChI=1S/C53H84O23/c1-48(2)14-16-53(47(68)76-45-37(64)34(61)32(59)26(20-55)71-45)17-15-51(6)22(23(53)18-48)8-9-28-50(5)12-11-29(49(3,4)27(50)10-13-52(28,51)7)72-46-41(75-44-36(63)33(60)31(58)25(19-54)70-44)39(38(65)40(74-46)42(66)67)73-43-35(62)30(57)24(56)21-69-43/h8,23-41,43-46,54-65H,9-21H2,1-7H3,(H,66,67)/t23-,24-,25+,26+,27-,28+,29-,30-,31+,32+,33-,34-,35+,36+,37+,38-,39-,40-,41+,43-,44-,45-,46+,50-,51+,52+,53-/m0/s1. The number of allylic oxidation sites excluding steroid dienone is 2. The predicted octanol–water partition coefficient (Wildman–Crippen LogP) is -1.30. The zero-order chi connectivity index (χ0) is 55.6. The number of carboxylic acid groups (broad SMARTS) is 1. The minimum absolute atomic E-state index is 0.000185. The molecule has 434 valence electrons. The van der Waals surface area contributed by atoms with Crippen molar-refractivity contribution in [2.75, 3.05) is 19.8 Å². The summed E-state index contributed by atoms with van der Waals surface area (Å²) in [6, 6.07) is 0. The van der Waals surface area contributed by atoms with Gasteiger partial charge in [0.15, 0.2) is 25.0 Å². The van der Waals surface area contributed by atoms with Crippen molar-refractivity contribution in [3.63, 3.8) is 0 Å². The molecule has 4 aliphatic heterocycles. The topological polar surface area (TPSA) is 371 Å². The molecule has 0 bridgehead atoms. The molecule has 4 heterocycles. The number of aliphatic carboxylic acids is 1. The summed E-state index contributed by atoms with van der Waals surface area (Å²) in [5, 5.41) is 138. The minimum atomic E-state index is -2.09. The molecule has 27 atom stereocenters. The van der Waals surface area contributed by atoms with E-state index >= 15 is 0 Å². The maximum absolute atomic E-state index is 14.8. The second-order valence-corrected chi connectivity index (χ2v) is 25.9. The fourth-order valence-corrected chi connectivity index (χ4v) is 16.2. The second-order valence-electron chi connectivity index (χ2n) is 25.9. The van der Waals surface area contributed by atoms with Crippen LogP contribution in [0.25, 0.3) is 0 Å². The summed E-state index contributed by atoms with van der Waals surface area (Å²) in [5.41, 5.74) is -1.45. The quantitative estimate of drug-likeness (QED) is 0.0649. The highest BCUT2D eigenvalue weighted by atomic mass is 16.8. The van der Waals surface area contributed by atoms with Crippen LogP contribution in [-0.4, -0.2) is 221 Å². The van der Waals surface area contributed by atoms with Crippen molar-refractivity contribution in [1.82, 2.24) is 0 Å². The Hall–Kier alpha value is -2.08. The van der Waals surface area contributed by atoms with Crippen LogP contribution >= 0.6 is 0 Å². The third kappa shape index (κ3) is 9.42. The first-order chi connectivity index (χ1) is 35.5. The Kier molecular flexibility index (Phi) is 16.2. The number of aliphatic hydroxyl groups is 12. The fourth-order valence-electron chi connectivity index (χ4n) is 16.2. The molecule has 0 amide bonds. The molecule has 13 N–H and O–H groups in total. The lowest BCUT2D eigenvalue weighted by molar-refractivity contribution is -0.392. The van der Waals surface area contributed by atoms with E-state index in [-0.39, 0.29) is 39.4 Å². The molecule has 0 aromatic carbocycles. The van der Waals surface area contributed by atoms with Crippen molar-refractivity contribution in [3.05, 3.63) is 11.6 Å². The van der Waals surface area contributed by atoms with Gasteiger partial charge in [0.1, 0.15) is 85.5 Å². The number of rotatable bonds is 11. The Morgan fingerprint density at radius 2 is 1.20 bits per heavy atom. The number of carboxylic acids is 1. The number of ether oxygens (including phenoxy) is 8. The average Bonchev–Trinajstić information content (AvgIpc) is 3.54. The van der Waals surface area contributed by atoms with E-state index in [2.05, 4.69) is 54.5 Å². The van der Waals surface area contributed by atoms with Crippen molar-refractivity contribution >= 4 is 11.9 Å². The van der Waals surface area contributed by atoms with E-state index in [9.17, 15) is 76.0 Å². The van der Waals surface area contributed by atoms with Gasteiger partial charge >= 0.3 is 11.9 Å². The predicted molar refractivity (Wildman–Crippen MR) is 257 cm³/mol. The van der Waals surface area contributed by atoms with E-state index in [1.807, 2.05) is 0 Å². The van der Waals surface area contributed by atoms with Crippen molar-refractivity contribution in [2.45, 2.75) is 235 Å². The zero-order valence-electron chi connectivity index (χ0n) is 44.4. The van der Waals surface area contributed by atoms with Gasteiger partial charge in [-0.1, -0.05) is 60.1 Å². The first-order valence-electron chi connectivity index (χ1n) is 27.2. The van der Waals surface area contributed by atoms with E-state index < -0.39 is 165 Å². The van der Waals surface area contributed by atoms with Gasteiger partial charge in [-0.15, -0.1) is 0 Å². The van der Waals surface area contributed by atoms with Gasteiger partial charge < -0.3 is 104 Å². The number of hydrogen-bond acceptors (Lipinski definition) is 22. The third-order valence-corrected chi connectivity index (χ3v) is 21.0. The van der Waals surface area contributed by atoms with Crippen LogP contribution in [0.1, 0.15) is 113 Å². The molecular formula is C53H84O23. The van der Waals surface area contributed by atoms with Crippen molar-refractivity contribution in [2.24, 2.45) is 50.2 Å². The smallest absolute Gasteiger partial charge is 0.335 e. The van der Waals surface area contributed by atoms with Gasteiger partial charge in [-0.2, -0.15) is 0 Å². The number of hydrogen-bond donors (Lipinski definition) is 13. The number of aliphatic hydroxyl groups excluding tert-OH is 12. The van der Waals surface area contributed by atoms with E-state index in [4.69, 9.17) is 37.9 Å². The molecule has 9 aliphatic rings. The van der Waals surface area contributed by atoms with Gasteiger partial charge in [-0.05, 0) is 109 Å². The highest BCUT2D eigenvalue weighted by Crippen LogP contribution is 2.76. The summed E-state index contributed by atoms with van der Waals surface area (Å²) in [4.78, 5) is 27.6. The summed E-state index contributed by atoms with van der Waals surface area (Å²) in [6.07, 6.45) is -25.0.